The Morgan fingerprint density at radius 3 is 2.55 bits per heavy atom. The van der Waals surface area contributed by atoms with Crippen molar-refractivity contribution in [2.24, 2.45) is 5.92 Å². The molecule has 3 rings (SSSR count). The van der Waals surface area contributed by atoms with Crippen LogP contribution in [0.3, 0.4) is 0 Å². The van der Waals surface area contributed by atoms with Crippen molar-refractivity contribution in [1.82, 2.24) is 4.31 Å². The topological polar surface area (TPSA) is 92.8 Å². The number of piperidine rings is 1. The van der Waals surface area contributed by atoms with Crippen molar-refractivity contribution < 1.29 is 22.7 Å². The predicted octanol–water partition coefficient (Wildman–Crippen LogP) is 2.82. The highest BCUT2D eigenvalue weighted by atomic mass is 32.2. The largest absolute Gasteiger partial charge is 0.465 e. The van der Waals surface area contributed by atoms with E-state index in [0.29, 0.717) is 30.6 Å². The molecule has 1 fully saturated rings. The average Bonchev–Trinajstić information content (AvgIpc) is 2.75. The lowest BCUT2D eigenvalue weighted by molar-refractivity contribution is -0.120. The highest BCUT2D eigenvalue weighted by Gasteiger charge is 2.33. The van der Waals surface area contributed by atoms with E-state index in [9.17, 15) is 18.0 Å². The monoisotopic (exact) mass is 416 g/mol. The number of amides is 1. The Morgan fingerprint density at radius 1 is 1.14 bits per heavy atom. The van der Waals surface area contributed by atoms with Crippen LogP contribution in [-0.4, -0.2) is 44.8 Å². The summed E-state index contributed by atoms with van der Waals surface area (Å²) < 4.78 is 31.8. The van der Waals surface area contributed by atoms with E-state index in [2.05, 4.69) is 5.32 Å². The van der Waals surface area contributed by atoms with Crippen LogP contribution in [0.1, 0.15) is 28.8 Å². The van der Waals surface area contributed by atoms with Crippen molar-refractivity contribution in [2.75, 3.05) is 25.5 Å². The van der Waals surface area contributed by atoms with Crippen molar-refractivity contribution in [3.05, 3.63) is 59.7 Å². The summed E-state index contributed by atoms with van der Waals surface area (Å²) in [6.07, 6.45) is 1.20. The van der Waals surface area contributed by atoms with Gasteiger partial charge in [-0.05, 0) is 49.6 Å². The van der Waals surface area contributed by atoms with E-state index in [-0.39, 0.29) is 17.3 Å². The number of carbonyl (C=O) groups is 2. The number of rotatable bonds is 5. The van der Waals surface area contributed by atoms with Crippen LogP contribution in [0, 0.1) is 12.8 Å². The van der Waals surface area contributed by atoms with Gasteiger partial charge in [0.1, 0.15) is 0 Å². The number of esters is 1. The minimum atomic E-state index is -3.64. The summed E-state index contributed by atoms with van der Waals surface area (Å²) in [7, 11) is -2.34. The number of aryl methyl sites for hydroxylation is 1. The normalized spacial score (nSPS) is 17.5. The Labute approximate surface area is 170 Å². The molecule has 1 aliphatic heterocycles. The molecule has 1 N–H and O–H groups in total. The molecule has 8 heteroatoms. The zero-order valence-electron chi connectivity index (χ0n) is 16.4. The molecule has 7 nitrogen and oxygen atoms in total. The lowest BCUT2D eigenvalue weighted by Crippen LogP contribution is -2.43. The van der Waals surface area contributed by atoms with E-state index in [0.717, 1.165) is 5.56 Å². The second-order valence-corrected chi connectivity index (χ2v) is 8.96. The van der Waals surface area contributed by atoms with Gasteiger partial charge in [-0.25, -0.2) is 13.2 Å². The molecule has 1 amide bonds. The molecule has 0 aromatic heterocycles. The van der Waals surface area contributed by atoms with Crippen molar-refractivity contribution >= 4 is 27.6 Å². The summed E-state index contributed by atoms with van der Waals surface area (Å²) in [5.74, 6) is -1.22. The molecule has 0 bridgehead atoms. The summed E-state index contributed by atoms with van der Waals surface area (Å²) in [6, 6.07) is 13.2. The smallest absolute Gasteiger partial charge is 0.337 e. The first-order valence-electron chi connectivity index (χ1n) is 9.38. The first kappa shape index (κ1) is 21.0. The molecule has 29 heavy (non-hydrogen) atoms. The van der Waals surface area contributed by atoms with Gasteiger partial charge in [0.05, 0.1) is 23.5 Å². The Bertz CT molecular complexity index is 1000. The minimum absolute atomic E-state index is 0.124. The van der Waals surface area contributed by atoms with Crippen molar-refractivity contribution in [1.29, 1.82) is 0 Å². The number of hydrogen-bond donors (Lipinski definition) is 1. The number of sulfonamides is 1. The molecule has 0 aliphatic carbocycles. The van der Waals surface area contributed by atoms with Crippen molar-refractivity contribution in [3.63, 3.8) is 0 Å². The summed E-state index contributed by atoms with van der Waals surface area (Å²) in [4.78, 5) is 24.8. The number of methoxy groups -OCH3 is 1. The molecule has 0 spiro atoms. The summed E-state index contributed by atoms with van der Waals surface area (Å²) in [6.45, 7) is 2.33. The quantitative estimate of drug-likeness (QED) is 0.757. The maximum absolute atomic E-state index is 12.9. The van der Waals surface area contributed by atoms with Crippen LogP contribution in [0.25, 0.3) is 0 Å². The SMILES string of the molecule is COC(=O)c1ccc(C)c(NC(=O)C2CCCN(S(=O)(=O)c3ccccc3)C2)c1. The van der Waals surface area contributed by atoms with Gasteiger partial charge in [-0.2, -0.15) is 4.31 Å². The summed E-state index contributed by atoms with van der Waals surface area (Å²) in [5, 5.41) is 2.84. The molecule has 1 atom stereocenters. The van der Waals surface area contributed by atoms with E-state index in [1.54, 1.807) is 48.5 Å². The molecule has 2 aromatic carbocycles. The lowest BCUT2D eigenvalue weighted by atomic mass is 9.98. The fourth-order valence-electron chi connectivity index (χ4n) is 3.35. The van der Waals surface area contributed by atoms with Gasteiger partial charge < -0.3 is 10.1 Å². The van der Waals surface area contributed by atoms with Crippen LogP contribution < -0.4 is 5.32 Å². The zero-order valence-corrected chi connectivity index (χ0v) is 17.2. The molecular weight excluding hydrogens is 392 g/mol. The van der Waals surface area contributed by atoms with E-state index in [4.69, 9.17) is 4.74 Å². The van der Waals surface area contributed by atoms with Gasteiger partial charge in [0.25, 0.3) is 0 Å². The van der Waals surface area contributed by atoms with Gasteiger partial charge in [0.15, 0.2) is 0 Å². The fourth-order valence-corrected chi connectivity index (χ4v) is 4.90. The molecule has 1 saturated heterocycles. The molecule has 0 radical (unpaired) electrons. The number of ether oxygens (including phenoxy) is 1. The zero-order chi connectivity index (χ0) is 21.0. The van der Waals surface area contributed by atoms with E-state index >= 15 is 0 Å². The maximum Gasteiger partial charge on any atom is 0.337 e. The number of nitrogens with one attached hydrogen (secondary N) is 1. The van der Waals surface area contributed by atoms with Gasteiger partial charge in [-0.15, -0.1) is 0 Å². The van der Waals surface area contributed by atoms with Crippen LogP contribution in [0.2, 0.25) is 0 Å². The van der Waals surface area contributed by atoms with Gasteiger partial charge in [0.2, 0.25) is 15.9 Å². The third-order valence-corrected chi connectivity index (χ3v) is 6.93. The Hall–Kier alpha value is -2.71. The van der Waals surface area contributed by atoms with E-state index < -0.39 is 21.9 Å². The van der Waals surface area contributed by atoms with Gasteiger partial charge >= 0.3 is 5.97 Å². The fraction of sp³-hybridized carbons (Fsp3) is 0.333. The van der Waals surface area contributed by atoms with Crippen LogP contribution in [0.4, 0.5) is 5.69 Å². The second-order valence-electron chi connectivity index (χ2n) is 7.03. The first-order chi connectivity index (χ1) is 13.8. The minimum Gasteiger partial charge on any atom is -0.465 e. The third-order valence-electron chi connectivity index (χ3n) is 5.05. The lowest BCUT2D eigenvalue weighted by Gasteiger charge is -2.31. The molecule has 1 heterocycles. The molecule has 1 unspecified atom stereocenters. The molecule has 2 aromatic rings. The van der Waals surface area contributed by atoms with Gasteiger partial charge in [-0.1, -0.05) is 24.3 Å². The van der Waals surface area contributed by atoms with E-state index in [1.165, 1.54) is 11.4 Å². The van der Waals surface area contributed by atoms with Crippen molar-refractivity contribution in [3.8, 4) is 0 Å². The van der Waals surface area contributed by atoms with Gasteiger partial charge in [0, 0.05) is 18.8 Å². The Kier molecular flexibility index (Phi) is 6.34. The molecule has 154 valence electrons. The summed E-state index contributed by atoms with van der Waals surface area (Å²) in [5.41, 5.74) is 1.65. The Morgan fingerprint density at radius 2 is 1.86 bits per heavy atom. The second kappa shape index (κ2) is 8.75. The summed E-state index contributed by atoms with van der Waals surface area (Å²) >= 11 is 0. The Balaban J connectivity index is 1.75. The van der Waals surface area contributed by atoms with Crippen LogP contribution in [0.5, 0.6) is 0 Å². The number of benzene rings is 2. The molecule has 1 aliphatic rings. The van der Waals surface area contributed by atoms with Crippen molar-refractivity contribution in [2.45, 2.75) is 24.7 Å². The maximum atomic E-state index is 12.9. The number of nitrogens with zero attached hydrogens (tertiary/aromatic N) is 1. The first-order valence-corrected chi connectivity index (χ1v) is 10.8. The van der Waals surface area contributed by atoms with Gasteiger partial charge in [-0.3, -0.25) is 4.79 Å². The van der Waals surface area contributed by atoms with Crippen LogP contribution >= 0.6 is 0 Å². The van der Waals surface area contributed by atoms with Crippen LogP contribution in [0.15, 0.2) is 53.4 Å². The standard InChI is InChI=1S/C21H24N2O5S/c1-15-10-11-16(21(25)28-2)13-19(15)22-20(24)17-7-6-12-23(14-17)29(26,27)18-8-4-3-5-9-18/h3-5,8-11,13,17H,6-7,12,14H2,1-2H3,(H,22,24). The van der Waals surface area contributed by atoms with E-state index in [1.807, 2.05) is 6.92 Å². The predicted molar refractivity (Wildman–Crippen MR) is 109 cm³/mol. The number of carbonyl (C=O) groups excluding carboxylic acids is 2. The average molecular weight is 416 g/mol. The highest BCUT2D eigenvalue weighted by molar-refractivity contribution is 7.89. The number of anilines is 1. The van der Waals surface area contributed by atoms with Crippen LogP contribution in [-0.2, 0) is 19.6 Å². The highest BCUT2D eigenvalue weighted by Crippen LogP contribution is 2.25. The number of hydrogen-bond acceptors (Lipinski definition) is 5. The molecular formula is C21H24N2O5S. The third kappa shape index (κ3) is 4.65. The molecule has 0 saturated carbocycles.